The summed E-state index contributed by atoms with van der Waals surface area (Å²) in [6.07, 6.45) is 1.16. The molecule has 6 heteroatoms. The molecule has 0 bridgehead atoms. The van der Waals surface area contributed by atoms with Crippen molar-refractivity contribution in [3.05, 3.63) is 0 Å². The van der Waals surface area contributed by atoms with Crippen LogP contribution in [-0.2, 0) is 17.7 Å². The van der Waals surface area contributed by atoms with Crippen molar-refractivity contribution in [2.45, 2.75) is 19.9 Å². The molecule has 0 unspecified atom stereocenters. The van der Waals surface area contributed by atoms with Gasteiger partial charge in [0.25, 0.3) is 0 Å². The highest BCUT2D eigenvalue weighted by Gasteiger charge is 2.29. The van der Waals surface area contributed by atoms with Gasteiger partial charge in [-0.2, -0.15) is 0 Å². The molecule has 0 spiro atoms. The van der Waals surface area contributed by atoms with E-state index in [2.05, 4.69) is 6.92 Å². The fraction of sp³-hybridized carbons (Fsp3) is 1.00. The van der Waals surface area contributed by atoms with Gasteiger partial charge in [-0.1, -0.05) is 6.92 Å². The van der Waals surface area contributed by atoms with E-state index in [-0.39, 0.29) is 0 Å². The van der Waals surface area contributed by atoms with Gasteiger partial charge in [0.2, 0.25) is 0 Å². The third-order valence-electron chi connectivity index (χ3n) is 1.52. The second-order valence-electron chi connectivity index (χ2n) is 2.47. The Morgan fingerprint density at radius 2 is 1.46 bits per heavy atom. The Bertz CT molecular complexity index is 88.2. The first-order valence-electron chi connectivity index (χ1n) is 4.24. The lowest BCUT2D eigenvalue weighted by atomic mass is 10.5. The molecule has 0 saturated carbocycles. The van der Waals surface area contributed by atoms with E-state index in [1.54, 1.807) is 21.3 Å². The standard InChI is InChI=1S/C4H12O3Si.C3H10OSi/c1-5-8(4,6-2)7-3;1-2-3-4-5/h1-4H3;2-3H2,1,5H3. The van der Waals surface area contributed by atoms with E-state index < -0.39 is 8.80 Å². The average molecular weight is 226 g/mol. The van der Waals surface area contributed by atoms with Crippen molar-refractivity contribution < 1.29 is 17.7 Å². The summed E-state index contributed by atoms with van der Waals surface area (Å²) < 4.78 is 19.6. The van der Waals surface area contributed by atoms with Gasteiger partial charge in [-0.15, -0.1) is 0 Å². The van der Waals surface area contributed by atoms with Crippen molar-refractivity contribution in [3.63, 3.8) is 0 Å². The quantitative estimate of drug-likeness (QED) is 0.627. The lowest BCUT2D eigenvalue weighted by Gasteiger charge is -2.18. The normalized spacial score (nSPS) is 10.8. The molecule has 0 aromatic rings. The van der Waals surface area contributed by atoms with E-state index in [1.165, 1.54) is 0 Å². The SMILES string of the molecule is CCCO[SiH3].CO[Si](C)(OC)OC. The monoisotopic (exact) mass is 226 g/mol. The van der Waals surface area contributed by atoms with E-state index >= 15 is 0 Å². The Kier molecular flexibility index (Phi) is 12.5. The maximum atomic E-state index is 4.93. The molecule has 0 aliphatic rings. The molecule has 0 fully saturated rings. The number of hydrogen-bond donors (Lipinski definition) is 0. The van der Waals surface area contributed by atoms with Crippen LogP contribution >= 0.6 is 0 Å². The largest absolute Gasteiger partial charge is 0.496 e. The van der Waals surface area contributed by atoms with Crippen molar-refractivity contribution in [1.29, 1.82) is 0 Å². The molecule has 82 valence electrons. The molecular formula is C7H22O4Si2. The highest BCUT2D eigenvalue weighted by molar-refractivity contribution is 6.58. The van der Waals surface area contributed by atoms with E-state index in [0.717, 1.165) is 23.5 Å². The molecular weight excluding hydrogens is 204 g/mol. The Morgan fingerprint density at radius 1 is 1.08 bits per heavy atom. The van der Waals surface area contributed by atoms with Crippen molar-refractivity contribution >= 4 is 19.3 Å². The minimum absolute atomic E-state index is 0.899. The zero-order chi connectivity index (χ0) is 10.7. The maximum absolute atomic E-state index is 4.93. The summed E-state index contributed by atoms with van der Waals surface area (Å²) in [5.41, 5.74) is 0. The molecule has 0 aliphatic carbocycles. The van der Waals surface area contributed by atoms with Crippen LogP contribution in [0.2, 0.25) is 6.55 Å². The van der Waals surface area contributed by atoms with Crippen LogP contribution < -0.4 is 0 Å². The van der Waals surface area contributed by atoms with Gasteiger partial charge in [0.1, 0.15) is 10.5 Å². The average Bonchev–Trinajstić information content (AvgIpc) is 2.19. The van der Waals surface area contributed by atoms with Crippen LogP contribution in [0.5, 0.6) is 0 Å². The van der Waals surface area contributed by atoms with E-state index in [0.29, 0.717) is 0 Å². The van der Waals surface area contributed by atoms with Gasteiger partial charge in [0.05, 0.1) is 0 Å². The number of rotatable bonds is 5. The molecule has 0 radical (unpaired) electrons. The van der Waals surface area contributed by atoms with Gasteiger partial charge >= 0.3 is 8.80 Å². The van der Waals surface area contributed by atoms with Crippen molar-refractivity contribution in [2.24, 2.45) is 0 Å². The molecule has 0 aromatic carbocycles. The molecule has 0 N–H and O–H groups in total. The molecule has 13 heavy (non-hydrogen) atoms. The summed E-state index contributed by atoms with van der Waals surface area (Å²) in [5, 5.41) is 0. The van der Waals surface area contributed by atoms with Gasteiger partial charge in [0.15, 0.2) is 0 Å². The van der Waals surface area contributed by atoms with Gasteiger partial charge in [-0.05, 0) is 6.42 Å². The predicted molar refractivity (Wildman–Crippen MR) is 58.8 cm³/mol. The molecule has 0 aliphatic heterocycles. The third-order valence-corrected chi connectivity index (χ3v) is 4.15. The third kappa shape index (κ3) is 10.2. The van der Waals surface area contributed by atoms with Crippen LogP contribution in [0.4, 0.5) is 0 Å². The smallest absolute Gasteiger partial charge is 0.428 e. The highest BCUT2D eigenvalue weighted by Crippen LogP contribution is 2.02. The molecule has 0 saturated heterocycles. The fourth-order valence-electron chi connectivity index (χ4n) is 0.454. The summed E-state index contributed by atoms with van der Waals surface area (Å²) in [5.74, 6) is 0. The van der Waals surface area contributed by atoms with Gasteiger partial charge < -0.3 is 17.7 Å². The molecule has 4 nitrogen and oxygen atoms in total. The van der Waals surface area contributed by atoms with Crippen molar-refractivity contribution in [1.82, 2.24) is 0 Å². The molecule has 0 rings (SSSR count). The first-order valence-corrected chi connectivity index (χ1v) is 7.28. The summed E-state index contributed by atoms with van der Waals surface area (Å²) in [6.45, 7) is 4.89. The minimum Gasteiger partial charge on any atom is -0.428 e. The highest BCUT2D eigenvalue weighted by atomic mass is 28.4. The second-order valence-corrected chi connectivity index (χ2v) is 5.99. The van der Waals surface area contributed by atoms with Crippen LogP contribution in [0.3, 0.4) is 0 Å². The Labute approximate surface area is 85.4 Å². The van der Waals surface area contributed by atoms with Crippen molar-refractivity contribution in [2.75, 3.05) is 27.9 Å². The summed E-state index contributed by atoms with van der Waals surface area (Å²) in [6, 6.07) is 0. The van der Waals surface area contributed by atoms with E-state index in [9.17, 15) is 0 Å². The fourth-order valence-corrected chi connectivity index (χ4v) is 1.36. The van der Waals surface area contributed by atoms with Gasteiger partial charge in [-0.25, -0.2) is 0 Å². The van der Waals surface area contributed by atoms with Crippen molar-refractivity contribution in [3.8, 4) is 0 Å². The van der Waals surface area contributed by atoms with Gasteiger partial charge in [0, 0.05) is 34.5 Å². The van der Waals surface area contributed by atoms with Crippen LogP contribution in [0.25, 0.3) is 0 Å². The summed E-state index contributed by atoms with van der Waals surface area (Å²) in [4.78, 5) is 0. The van der Waals surface area contributed by atoms with E-state index in [1.807, 2.05) is 6.55 Å². The first kappa shape index (κ1) is 15.7. The van der Waals surface area contributed by atoms with Crippen LogP contribution in [0.15, 0.2) is 0 Å². The Balaban J connectivity index is 0. The lowest BCUT2D eigenvalue weighted by molar-refractivity contribution is 0.132. The molecule has 0 heterocycles. The number of hydrogen-bond acceptors (Lipinski definition) is 4. The molecule has 0 amide bonds. The van der Waals surface area contributed by atoms with Crippen LogP contribution in [0, 0.1) is 0 Å². The summed E-state index contributed by atoms with van der Waals surface area (Å²) >= 11 is 0. The Hall–Kier alpha value is 0.274. The van der Waals surface area contributed by atoms with Gasteiger partial charge in [-0.3, -0.25) is 0 Å². The molecule has 0 aromatic heterocycles. The zero-order valence-corrected chi connectivity index (χ0v) is 12.5. The molecule has 0 atom stereocenters. The van der Waals surface area contributed by atoms with E-state index in [4.69, 9.17) is 17.7 Å². The first-order chi connectivity index (χ1) is 6.10. The lowest BCUT2D eigenvalue weighted by Crippen LogP contribution is -2.38. The maximum Gasteiger partial charge on any atom is 0.496 e. The Morgan fingerprint density at radius 3 is 1.46 bits per heavy atom. The van der Waals surface area contributed by atoms with Crippen LogP contribution in [0.1, 0.15) is 13.3 Å². The predicted octanol–water partition coefficient (Wildman–Crippen LogP) is 0.188. The topological polar surface area (TPSA) is 36.9 Å². The van der Waals surface area contributed by atoms with Crippen LogP contribution in [-0.4, -0.2) is 47.2 Å². The zero-order valence-electron chi connectivity index (χ0n) is 9.55. The minimum atomic E-state index is -2.17. The summed E-state index contributed by atoms with van der Waals surface area (Å²) in [7, 11) is 3.48. The second kappa shape index (κ2) is 10.4.